The SMILES string of the molecule is NS(=O)(=O)c1cccc(CNCc2cccc(Cl)c2O)c1. The maximum Gasteiger partial charge on any atom is 0.238 e. The number of rotatable bonds is 5. The third kappa shape index (κ3) is 4.18. The summed E-state index contributed by atoms with van der Waals surface area (Å²) >= 11 is 5.82. The summed E-state index contributed by atoms with van der Waals surface area (Å²) in [6, 6.07) is 11.5. The van der Waals surface area contributed by atoms with Gasteiger partial charge in [-0.2, -0.15) is 0 Å². The van der Waals surface area contributed by atoms with Gasteiger partial charge in [0.15, 0.2) is 0 Å². The normalized spacial score (nSPS) is 11.5. The van der Waals surface area contributed by atoms with E-state index >= 15 is 0 Å². The summed E-state index contributed by atoms with van der Waals surface area (Å²) in [5, 5.41) is 18.3. The third-order valence-corrected chi connectivity index (χ3v) is 4.16. The number of phenols is 1. The lowest BCUT2D eigenvalue weighted by atomic mass is 10.2. The van der Waals surface area contributed by atoms with Crippen LogP contribution in [0.25, 0.3) is 0 Å². The molecule has 0 aromatic heterocycles. The monoisotopic (exact) mass is 326 g/mol. The Balaban J connectivity index is 2.03. The molecule has 0 amide bonds. The van der Waals surface area contributed by atoms with E-state index in [1.807, 2.05) is 0 Å². The van der Waals surface area contributed by atoms with Crippen LogP contribution in [0.1, 0.15) is 11.1 Å². The van der Waals surface area contributed by atoms with Gasteiger partial charge in [0.2, 0.25) is 10.0 Å². The molecule has 21 heavy (non-hydrogen) atoms. The summed E-state index contributed by atoms with van der Waals surface area (Å²) < 4.78 is 22.5. The molecule has 0 heterocycles. The Bertz CT molecular complexity index is 748. The van der Waals surface area contributed by atoms with Crippen molar-refractivity contribution in [1.29, 1.82) is 0 Å². The fourth-order valence-electron chi connectivity index (χ4n) is 1.88. The van der Waals surface area contributed by atoms with E-state index in [4.69, 9.17) is 16.7 Å². The largest absolute Gasteiger partial charge is 0.506 e. The fraction of sp³-hybridized carbons (Fsp3) is 0.143. The third-order valence-electron chi connectivity index (χ3n) is 2.94. The van der Waals surface area contributed by atoms with E-state index in [1.165, 1.54) is 12.1 Å². The highest BCUT2D eigenvalue weighted by Gasteiger charge is 2.08. The molecule has 4 N–H and O–H groups in total. The molecule has 0 spiro atoms. The zero-order chi connectivity index (χ0) is 15.5. The highest BCUT2D eigenvalue weighted by Crippen LogP contribution is 2.26. The number of primary sulfonamides is 1. The molecule has 7 heteroatoms. The number of sulfonamides is 1. The summed E-state index contributed by atoms with van der Waals surface area (Å²) in [5.41, 5.74) is 1.45. The molecule has 0 fully saturated rings. The predicted molar refractivity (Wildman–Crippen MR) is 81.5 cm³/mol. The smallest absolute Gasteiger partial charge is 0.238 e. The van der Waals surface area contributed by atoms with Gasteiger partial charge >= 0.3 is 0 Å². The molecule has 0 bridgehead atoms. The van der Waals surface area contributed by atoms with Crippen molar-refractivity contribution in [3.63, 3.8) is 0 Å². The van der Waals surface area contributed by atoms with Gasteiger partial charge in [-0.3, -0.25) is 0 Å². The second kappa shape index (κ2) is 6.44. The van der Waals surface area contributed by atoms with Crippen molar-refractivity contribution in [2.24, 2.45) is 5.14 Å². The van der Waals surface area contributed by atoms with Crippen molar-refractivity contribution in [1.82, 2.24) is 5.32 Å². The van der Waals surface area contributed by atoms with E-state index in [1.54, 1.807) is 30.3 Å². The van der Waals surface area contributed by atoms with E-state index in [0.717, 1.165) is 5.56 Å². The second-order valence-electron chi connectivity index (χ2n) is 4.54. The van der Waals surface area contributed by atoms with E-state index in [2.05, 4.69) is 5.32 Å². The van der Waals surface area contributed by atoms with Gasteiger partial charge < -0.3 is 10.4 Å². The number of nitrogens with one attached hydrogen (secondary N) is 1. The average molecular weight is 327 g/mol. The molecule has 0 atom stereocenters. The molecule has 2 rings (SSSR count). The molecule has 0 saturated carbocycles. The van der Waals surface area contributed by atoms with Crippen molar-refractivity contribution in [2.75, 3.05) is 0 Å². The van der Waals surface area contributed by atoms with Gasteiger partial charge in [0, 0.05) is 18.7 Å². The Hall–Kier alpha value is -1.60. The minimum Gasteiger partial charge on any atom is -0.506 e. The van der Waals surface area contributed by atoms with Crippen molar-refractivity contribution in [3.8, 4) is 5.75 Å². The van der Waals surface area contributed by atoms with Gasteiger partial charge in [-0.05, 0) is 23.8 Å². The van der Waals surface area contributed by atoms with Gasteiger partial charge in [0.1, 0.15) is 5.75 Å². The number of benzene rings is 2. The molecule has 5 nitrogen and oxygen atoms in total. The highest BCUT2D eigenvalue weighted by atomic mass is 35.5. The molecule has 0 aliphatic rings. The van der Waals surface area contributed by atoms with Crippen LogP contribution in [0.2, 0.25) is 5.02 Å². The number of hydrogen-bond donors (Lipinski definition) is 3. The number of nitrogens with two attached hydrogens (primary N) is 1. The molecular weight excluding hydrogens is 312 g/mol. The summed E-state index contributed by atoms with van der Waals surface area (Å²) in [6.45, 7) is 0.849. The lowest BCUT2D eigenvalue weighted by Crippen LogP contribution is -2.15. The predicted octanol–water partition coefficient (Wildman–Crippen LogP) is 1.98. The zero-order valence-corrected chi connectivity index (χ0v) is 12.7. The minimum atomic E-state index is -3.70. The zero-order valence-electron chi connectivity index (χ0n) is 11.1. The molecule has 0 aliphatic carbocycles. The Labute approximate surface area is 128 Å². The van der Waals surface area contributed by atoms with Gasteiger partial charge in [-0.25, -0.2) is 13.6 Å². The van der Waals surface area contributed by atoms with Crippen molar-refractivity contribution >= 4 is 21.6 Å². The van der Waals surface area contributed by atoms with Gasteiger partial charge in [-0.15, -0.1) is 0 Å². The Morgan fingerprint density at radius 1 is 1.14 bits per heavy atom. The second-order valence-corrected chi connectivity index (χ2v) is 6.51. The van der Waals surface area contributed by atoms with Crippen LogP contribution in [0, 0.1) is 0 Å². The fourth-order valence-corrected chi connectivity index (χ4v) is 2.65. The number of hydrogen-bond acceptors (Lipinski definition) is 4. The molecule has 2 aromatic carbocycles. The van der Waals surface area contributed by atoms with Crippen molar-refractivity contribution < 1.29 is 13.5 Å². The number of para-hydroxylation sites is 1. The van der Waals surface area contributed by atoms with Crippen LogP contribution in [0.3, 0.4) is 0 Å². The Morgan fingerprint density at radius 3 is 2.57 bits per heavy atom. The maximum absolute atomic E-state index is 11.3. The van der Waals surface area contributed by atoms with Crippen molar-refractivity contribution in [3.05, 3.63) is 58.6 Å². The van der Waals surface area contributed by atoms with Gasteiger partial charge in [-0.1, -0.05) is 35.9 Å². The summed E-state index contributed by atoms with van der Waals surface area (Å²) in [4.78, 5) is 0.0763. The lowest BCUT2D eigenvalue weighted by molar-refractivity contribution is 0.464. The van der Waals surface area contributed by atoms with Gasteiger partial charge in [0.25, 0.3) is 0 Å². The summed E-state index contributed by atoms with van der Waals surface area (Å²) in [6.07, 6.45) is 0. The molecule has 0 aliphatic heterocycles. The van der Waals surface area contributed by atoms with Crippen molar-refractivity contribution in [2.45, 2.75) is 18.0 Å². The average Bonchev–Trinajstić information content (AvgIpc) is 2.43. The van der Waals surface area contributed by atoms with Crippen LogP contribution in [0.5, 0.6) is 5.75 Å². The Kier molecular flexibility index (Phi) is 4.84. The van der Waals surface area contributed by atoms with Crippen LogP contribution >= 0.6 is 11.6 Å². The number of halogens is 1. The lowest BCUT2D eigenvalue weighted by Gasteiger charge is -2.08. The molecule has 2 aromatic rings. The van der Waals surface area contributed by atoms with Crippen LogP contribution in [-0.4, -0.2) is 13.5 Å². The topological polar surface area (TPSA) is 92.4 Å². The van der Waals surface area contributed by atoms with Crippen LogP contribution in [-0.2, 0) is 23.1 Å². The highest BCUT2D eigenvalue weighted by molar-refractivity contribution is 7.89. The first-order chi connectivity index (χ1) is 9.88. The summed E-state index contributed by atoms with van der Waals surface area (Å²) in [7, 11) is -3.70. The first-order valence-corrected chi connectivity index (χ1v) is 8.09. The first kappa shape index (κ1) is 15.8. The molecule has 0 saturated heterocycles. The quantitative estimate of drug-likeness (QED) is 0.783. The van der Waals surface area contributed by atoms with E-state index in [0.29, 0.717) is 23.7 Å². The minimum absolute atomic E-state index is 0.0463. The van der Waals surface area contributed by atoms with Crippen LogP contribution in [0.15, 0.2) is 47.4 Å². The van der Waals surface area contributed by atoms with Gasteiger partial charge in [0.05, 0.1) is 9.92 Å². The Morgan fingerprint density at radius 2 is 1.86 bits per heavy atom. The molecule has 0 radical (unpaired) electrons. The summed E-state index contributed by atoms with van der Waals surface area (Å²) in [5.74, 6) is 0.0463. The molecule has 0 unspecified atom stereocenters. The molecule has 112 valence electrons. The standard InChI is InChI=1S/C14H15ClN2O3S/c15-13-6-2-4-11(14(13)18)9-17-8-10-3-1-5-12(7-10)21(16,19)20/h1-7,17-18H,8-9H2,(H2,16,19,20). The van der Waals surface area contributed by atoms with E-state index in [9.17, 15) is 13.5 Å². The molecular formula is C14H15ClN2O3S. The number of aromatic hydroxyl groups is 1. The van der Waals surface area contributed by atoms with Crippen LogP contribution in [0.4, 0.5) is 0 Å². The van der Waals surface area contributed by atoms with E-state index < -0.39 is 10.0 Å². The maximum atomic E-state index is 11.3. The van der Waals surface area contributed by atoms with Crippen LogP contribution < -0.4 is 10.5 Å². The number of phenolic OH excluding ortho intramolecular Hbond substituents is 1. The first-order valence-electron chi connectivity index (χ1n) is 6.17. The van der Waals surface area contributed by atoms with E-state index in [-0.39, 0.29) is 10.6 Å².